The molecule has 4 rings (SSSR count). The van der Waals surface area contributed by atoms with Crippen LogP contribution in [0.4, 0.5) is 49.8 Å². The monoisotopic (exact) mass is 577 g/mol. The number of aromatic nitrogens is 4. The number of carboxylic acids is 1. The van der Waals surface area contributed by atoms with Gasteiger partial charge in [0.15, 0.2) is 0 Å². The first-order chi connectivity index (χ1) is 18.1. The fourth-order valence-electron chi connectivity index (χ4n) is 2.63. The van der Waals surface area contributed by atoms with Gasteiger partial charge in [0.2, 0.25) is 17.7 Å². The number of halogens is 7. The van der Waals surface area contributed by atoms with E-state index in [9.17, 15) is 26.3 Å². The Bertz CT molecular complexity index is 1440. The van der Waals surface area contributed by atoms with E-state index in [4.69, 9.17) is 42.1 Å². The van der Waals surface area contributed by atoms with Gasteiger partial charge in [-0.25, -0.2) is 4.79 Å². The first-order valence-electron chi connectivity index (χ1n) is 10.1. The molecule has 0 radical (unpaired) electrons. The molecule has 0 saturated carbocycles. The number of ether oxygens (including phenoxy) is 1. The predicted octanol–water partition coefficient (Wildman–Crippen LogP) is 5.53. The van der Waals surface area contributed by atoms with Crippen LogP contribution in [0, 0.1) is 0 Å². The Balaban J connectivity index is 0.000000532. The van der Waals surface area contributed by atoms with Crippen LogP contribution in [0.25, 0.3) is 11.5 Å². The van der Waals surface area contributed by atoms with Gasteiger partial charge in [0.05, 0.1) is 10.6 Å². The average molecular weight is 578 g/mol. The van der Waals surface area contributed by atoms with Gasteiger partial charge >= 0.3 is 24.3 Å². The molecule has 0 aliphatic carbocycles. The topological polar surface area (TPSA) is 175 Å². The number of nitrogen functional groups attached to an aromatic ring is 2. The van der Waals surface area contributed by atoms with E-state index in [1.807, 2.05) is 0 Å². The molecule has 2 aromatic carbocycles. The molecule has 0 aliphatic heterocycles. The molecule has 0 unspecified atom stereocenters. The summed E-state index contributed by atoms with van der Waals surface area (Å²) in [6.45, 7) is 0. The second kappa shape index (κ2) is 11.3. The van der Waals surface area contributed by atoms with Gasteiger partial charge in [0.25, 0.3) is 0 Å². The van der Waals surface area contributed by atoms with Gasteiger partial charge < -0.3 is 31.0 Å². The zero-order chi connectivity index (χ0) is 29.0. The van der Waals surface area contributed by atoms with E-state index < -0.39 is 28.9 Å². The van der Waals surface area contributed by atoms with Crippen molar-refractivity contribution in [1.82, 2.24) is 20.2 Å². The molecule has 2 heterocycles. The Morgan fingerprint density at radius 2 is 1.62 bits per heavy atom. The summed E-state index contributed by atoms with van der Waals surface area (Å²) < 4.78 is 81.8. The number of aliphatic carboxylic acids is 1. The van der Waals surface area contributed by atoms with E-state index in [0.717, 1.165) is 12.1 Å². The third-order valence-corrected chi connectivity index (χ3v) is 4.58. The fourth-order valence-corrected chi connectivity index (χ4v) is 2.86. The van der Waals surface area contributed by atoms with Crippen molar-refractivity contribution in [2.45, 2.75) is 12.4 Å². The summed E-state index contributed by atoms with van der Waals surface area (Å²) in [5.74, 6) is -1.87. The van der Waals surface area contributed by atoms with Crippen LogP contribution in [-0.2, 0) is 11.0 Å². The number of benzene rings is 2. The molecule has 206 valence electrons. The first kappa shape index (κ1) is 28.8. The van der Waals surface area contributed by atoms with E-state index in [-0.39, 0.29) is 35.2 Å². The summed E-state index contributed by atoms with van der Waals surface area (Å²) in [5.41, 5.74) is 10.8. The maximum Gasteiger partial charge on any atom is 0.490 e. The van der Waals surface area contributed by atoms with E-state index in [2.05, 4.69) is 25.5 Å². The quantitative estimate of drug-likeness (QED) is 0.219. The molecule has 11 nitrogen and oxygen atoms in total. The van der Waals surface area contributed by atoms with Crippen molar-refractivity contribution in [2.75, 3.05) is 16.8 Å². The summed E-state index contributed by atoms with van der Waals surface area (Å²) >= 11 is 5.62. The van der Waals surface area contributed by atoms with Crippen LogP contribution in [0.2, 0.25) is 5.02 Å². The number of hydrogen-bond acceptors (Lipinski definition) is 10. The Morgan fingerprint density at radius 3 is 2.18 bits per heavy atom. The molecule has 18 heteroatoms. The molecule has 6 N–H and O–H groups in total. The molecule has 0 spiro atoms. The minimum absolute atomic E-state index is 0.0226. The molecular formula is C21H14ClF6N7O4. The summed E-state index contributed by atoms with van der Waals surface area (Å²) in [6, 6.07) is 11.2. The van der Waals surface area contributed by atoms with Crippen molar-refractivity contribution in [3.8, 4) is 23.1 Å². The SMILES string of the molecule is Nc1cc(Oc2ccc(-c3nnc(Nc4ccc(Cl)c(C(F)(F)F)c4)o3)cc2)nc(N)n1.O=C(O)C(F)(F)F. The van der Waals surface area contributed by atoms with Crippen molar-refractivity contribution in [3.05, 3.63) is 59.1 Å². The number of carboxylic acid groups (broad SMARTS) is 1. The minimum Gasteiger partial charge on any atom is -0.475 e. The lowest BCUT2D eigenvalue weighted by Gasteiger charge is -2.10. The molecule has 39 heavy (non-hydrogen) atoms. The maximum absolute atomic E-state index is 13.0. The van der Waals surface area contributed by atoms with Crippen LogP contribution in [0.3, 0.4) is 0 Å². The second-order valence-corrected chi connectivity index (χ2v) is 7.56. The number of anilines is 4. The zero-order valence-electron chi connectivity index (χ0n) is 18.9. The molecule has 4 aromatic rings. The second-order valence-electron chi connectivity index (χ2n) is 7.15. The number of nitrogens with two attached hydrogens (primary N) is 2. The number of carbonyl (C=O) groups is 1. The minimum atomic E-state index is -5.08. The highest BCUT2D eigenvalue weighted by Gasteiger charge is 2.38. The zero-order valence-corrected chi connectivity index (χ0v) is 19.6. The molecule has 0 atom stereocenters. The summed E-state index contributed by atoms with van der Waals surface area (Å²) in [5, 5.41) is 17.0. The number of hydrogen-bond donors (Lipinski definition) is 4. The van der Waals surface area contributed by atoms with Crippen LogP contribution in [0.5, 0.6) is 11.6 Å². The molecule has 2 aromatic heterocycles. The normalized spacial score (nSPS) is 11.4. The molecule has 0 bridgehead atoms. The smallest absolute Gasteiger partial charge is 0.475 e. The van der Waals surface area contributed by atoms with Gasteiger partial charge in [-0.3, -0.25) is 0 Å². The van der Waals surface area contributed by atoms with Crippen LogP contribution in [0.1, 0.15) is 5.56 Å². The Labute approximate surface area is 218 Å². The Hall–Kier alpha value is -4.80. The van der Waals surface area contributed by atoms with E-state index >= 15 is 0 Å². The summed E-state index contributed by atoms with van der Waals surface area (Å²) in [4.78, 5) is 16.6. The van der Waals surface area contributed by atoms with Crippen molar-refractivity contribution in [3.63, 3.8) is 0 Å². The van der Waals surface area contributed by atoms with Crippen LogP contribution < -0.4 is 21.5 Å². The van der Waals surface area contributed by atoms with Crippen LogP contribution >= 0.6 is 11.6 Å². The standard InChI is InChI=1S/C19H13ClF3N7O2.C2HF3O2/c20-13-6-3-10(7-12(13)19(21,22)23)26-18-30-29-16(32-18)9-1-4-11(5-2-9)31-15-8-14(24)27-17(25)28-15;3-2(4,5)1(6)7/h1-8H,(H,26,30)(H4,24,25,27,28);(H,6,7). The van der Waals surface area contributed by atoms with Gasteiger partial charge in [0.1, 0.15) is 11.6 Å². The number of nitrogens with one attached hydrogen (secondary N) is 1. The van der Waals surface area contributed by atoms with Gasteiger partial charge in [-0.1, -0.05) is 16.7 Å². The number of nitrogens with zero attached hydrogens (tertiary/aromatic N) is 4. The van der Waals surface area contributed by atoms with E-state index in [1.54, 1.807) is 24.3 Å². The van der Waals surface area contributed by atoms with Gasteiger partial charge in [-0.05, 0) is 42.5 Å². The van der Waals surface area contributed by atoms with Crippen molar-refractivity contribution < 1.29 is 45.4 Å². The molecule has 0 aliphatic rings. The first-order valence-corrected chi connectivity index (χ1v) is 10.5. The molecule has 0 saturated heterocycles. The number of alkyl halides is 6. The Morgan fingerprint density at radius 1 is 0.974 bits per heavy atom. The third-order valence-electron chi connectivity index (χ3n) is 4.25. The number of rotatable bonds is 5. The lowest BCUT2D eigenvalue weighted by Crippen LogP contribution is -2.21. The predicted molar refractivity (Wildman–Crippen MR) is 124 cm³/mol. The van der Waals surface area contributed by atoms with Gasteiger partial charge in [-0.15, -0.1) is 5.10 Å². The molecule has 0 fully saturated rings. The largest absolute Gasteiger partial charge is 0.490 e. The highest BCUT2D eigenvalue weighted by molar-refractivity contribution is 6.31. The maximum atomic E-state index is 13.0. The van der Waals surface area contributed by atoms with Gasteiger partial charge in [0, 0.05) is 17.3 Å². The van der Waals surface area contributed by atoms with E-state index in [0.29, 0.717) is 11.3 Å². The highest BCUT2D eigenvalue weighted by atomic mass is 35.5. The molecule has 0 amide bonds. The van der Waals surface area contributed by atoms with Crippen LogP contribution in [0.15, 0.2) is 52.9 Å². The third kappa shape index (κ3) is 8.09. The fraction of sp³-hybridized carbons (Fsp3) is 0.0952. The lowest BCUT2D eigenvalue weighted by molar-refractivity contribution is -0.192. The van der Waals surface area contributed by atoms with E-state index in [1.165, 1.54) is 12.1 Å². The van der Waals surface area contributed by atoms with Crippen molar-refractivity contribution >= 4 is 41.0 Å². The van der Waals surface area contributed by atoms with Crippen LogP contribution in [-0.4, -0.2) is 37.4 Å². The van der Waals surface area contributed by atoms with Crippen molar-refractivity contribution in [2.24, 2.45) is 0 Å². The Kier molecular flexibility index (Phi) is 8.33. The average Bonchev–Trinajstić information content (AvgIpc) is 3.28. The molecular weight excluding hydrogens is 564 g/mol. The summed E-state index contributed by atoms with van der Waals surface area (Å²) in [6.07, 6.45) is -9.68. The van der Waals surface area contributed by atoms with Gasteiger partial charge in [-0.2, -0.15) is 36.3 Å². The summed E-state index contributed by atoms with van der Waals surface area (Å²) in [7, 11) is 0. The van der Waals surface area contributed by atoms with Crippen molar-refractivity contribution in [1.29, 1.82) is 0 Å². The highest BCUT2D eigenvalue weighted by Crippen LogP contribution is 2.37. The lowest BCUT2D eigenvalue weighted by atomic mass is 10.2.